The maximum Gasteiger partial charge on any atom is 0.219 e. The molecule has 272 valence electrons. The largest absolute Gasteiger partial charge is 0.493 e. The standard InChI is InChI=1S/C44H44ClN3O5/c1-31-4-6-36(7-5-31)30-52-40-16-17-43(46-28-40)53-44-32(2)26-38(27-41(44)45)42(18-24-49)48-22-20-47(21-23-48)29-35-10-8-34(9-11-35)19-25-51-39-14-12-37(13-15-39)33(3)50/h4-18,24,26-28H,19-23,25,29-30H2,1-3H3/b42-18-. The number of benzene rings is 4. The van der Waals surface area contributed by atoms with Crippen molar-refractivity contribution in [1.29, 1.82) is 0 Å². The molecule has 6 rings (SSSR count). The number of aldehydes is 1. The molecule has 1 aliphatic heterocycles. The summed E-state index contributed by atoms with van der Waals surface area (Å²) in [4.78, 5) is 32.3. The number of ketones is 1. The van der Waals surface area contributed by atoms with Crippen molar-refractivity contribution in [2.24, 2.45) is 0 Å². The Morgan fingerprint density at radius 1 is 0.792 bits per heavy atom. The molecule has 0 N–H and O–H groups in total. The van der Waals surface area contributed by atoms with Crippen molar-refractivity contribution in [2.45, 2.75) is 40.3 Å². The van der Waals surface area contributed by atoms with Crippen molar-refractivity contribution in [1.82, 2.24) is 14.8 Å². The van der Waals surface area contributed by atoms with Gasteiger partial charge < -0.3 is 19.1 Å². The summed E-state index contributed by atoms with van der Waals surface area (Å²) in [6.07, 6.45) is 4.88. The molecule has 0 unspecified atom stereocenters. The van der Waals surface area contributed by atoms with Crippen LogP contribution in [0.4, 0.5) is 0 Å². The zero-order valence-electron chi connectivity index (χ0n) is 30.4. The van der Waals surface area contributed by atoms with Crippen molar-refractivity contribution in [3.63, 3.8) is 0 Å². The number of nitrogens with zero attached hydrogens (tertiary/aromatic N) is 3. The average molecular weight is 730 g/mol. The number of halogens is 1. The highest BCUT2D eigenvalue weighted by Gasteiger charge is 2.22. The Hall–Kier alpha value is -5.44. The third kappa shape index (κ3) is 10.3. The van der Waals surface area contributed by atoms with Gasteiger partial charge in [-0.1, -0.05) is 65.7 Å². The minimum Gasteiger partial charge on any atom is -0.493 e. The van der Waals surface area contributed by atoms with E-state index in [9.17, 15) is 9.59 Å². The number of carbonyl (C=O) groups is 2. The molecule has 0 radical (unpaired) electrons. The Kier molecular flexibility index (Phi) is 12.6. The van der Waals surface area contributed by atoms with Gasteiger partial charge in [-0.3, -0.25) is 14.5 Å². The fourth-order valence-corrected chi connectivity index (χ4v) is 6.52. The van der Waals surface area contributed by atoms with E-state index in [-0.39, 0.29) is 5.78 Å². The molecule has 2 heterocycles. The molecule has 5 aromatic rings. The van der Waals surface area contributed by atoms with Crippen LogP contribution in [-0.2, 0) is 24.4 Å². The van der Waals surface area contributed by atoms with Gasteiger partial charge in [-0.2, -0.15) is 0 Å². The smallest absolute Gasteiger partial charge is 0.219 e. The number of pyridine rings is 1. The average Bonchev–Trinajstić information content (AvgIpc) is 3.17. The predicted molar refractivity (Wildman–Crippen MR) is 209 cm³/mol. The van der Waals surface area contributed by atoms with E-state index in [0.717, 1.165) is 73.6 Å². The van der Waals surface area contributed by atoms with Crippen LogP contribution in [0, 0.1) is 13.8 Å². The van der Waals surface area contributed by atoms with Crippen molar-refractivity contribution in [3.05, 3.63) is 153 Å². The number of rotatable bonds is 15. The Balaban J connectivity index is 0.988. The monoisotopic (exact) mass is 729 g/mol. The molecule has 0 saturated carbocycles. The quantitative estimate of drug-likeness (QED) is 0.0601. The molecule has 8 nitrogen and oxygen atoms in total. The number of piperazine rings is 1. The highest BCUT2D eigenvalue weighted by molar-refractivity contribution is 6.32. The molecular weight excluding hydrogens is 686 g/mol. The molecule has 53 heavy (non-hydrogen) atoms. The van der Waals surface area contributed by atoms with Gasteiger partial charge in [0.1, 0.15) is 24.4 Å². The predicted octanol–water partition coefficient (Wildman–Crippen LogP) is 8.90. The number of ether oxygens (including phenoxy) is 3. The summed E-state index contributed by atoms with van der Waals surface area (Å²) in [5, 5.41) is 0.440. The summed E-state index contributed by atoms with van der Waals surface area (Å²) >= 11 is 6.79. The fourth-order valence-electron chi connectivity index (χ4n) is 6.21. The topological polar surface area (TPSA) is 81.2 Å². The van der Waals surface area contributed by atoms with Crippen molar-refractivity contribution in [2.75, 3.05) is 32.8 Å². The van der Waals surface area contributed by atoms with Crippen molar-refractivity contribution in [3.8, 4) is 23.1 Å². The Bertz CT molecular complexity index is 2000. The van der Waals surface area contributed by atoms with Crippen LogP contribution >= 0.6 is 11.6 Å². The van der Waals surface area contributed by atoms with Gasteiger partial charge in [-0.05, 0) is 91.1 Å². The summed E-state index contributed by atoms with van der Waals surface area (Å²) in [5.41, 5.74) is 7.97. The molecule has 4 aromatic carbocycles. The number of aryl methyl sites for hydroxylation is 2. The second kappa shape index (κ2) is 17.9. The summed E-state index contributed by atoms with van der Waals surface area (Å²) in [6.45, 7) is 10.7. The number of aromatic nitrogens is 1. The summed E-state index contributed by atoms with van der Waals surface area (Å²) < 4.78 is 17.9. The molecule has 1 aliphatic rings. The van der Waals surface area contributed by atoms with Gasteiger partial charge in [-0.15, -0.1) is 0 Å². The molecule has 1 aromatic heterocycles. The van der Waals surface area contributed by atoms with Crippen molar-refractivity contribution < 1.29 is 23.8 Å². The molecular formula is C44H44ClN3O5. The van der Waals surface area contributed by atoms with Crippen LogP contribution in [0.2, 0.25) is 5.02 Å². The minimum atomic E-state index is 0.0459. The molecule has 0 atom stereocenters. The van der Waals surface area contributed by atoms with Crippen LogP contribution in [0.1, 0.15) is 50.7 Å². The van der Waals surface area contributed by atoms with Gasteiger partial charge >= 0.3 is 0 Å². The highest BCUT2D eigenvalue weighted by atomic mass is 35.5. The van der Waals surface area contributed by atoms with Gasteiger partial charge in [0.25, 0.3) is 0 Å². The Morgan fingerprint density at radius 3 is 2.11 bits per heavy atom. The van der Waals surface area contributed by atoms with Crippen LogP contribution in [0.25, 0.3) is 5.70 Å². The first kappa shape index (κ1) is 37.3. The molecule has 0 spiro atoms. The van der Waals surface area contributed by atoms with Crippen LogP contribution in [0.5, 0.6) is 23.1 Å². The number of hydrogen-bond donors (Lipinski definition) is 0. The first-order valence-electron chi connectivity index (χ1n) is 17.8. The Morgan fingerprint density at radius 2 is 1.47 bits per heavy atom. The number of Topliss-reactive ketones (excluding diaryl/α,β-unsaturated/α-hetero) is 1. The van der Waals surface area contributed by atoms with Gasteiger partial charge in [0.05, 0.1) is 17.8 Å². The first-order chi connectivity index (χ1) is 25.7. The van der Waals surface area contributed by atoms with Crippen LogP contribution in [0.3, 0.4) is 0 Å². The zero-order chi connectivity index (χ0) is 37.2. The molecule has 0 bridgehead atoms. The molecule has 9 heteroatoms. The van der Waals surface area contributed by atoms with Crippen LogP contribution in [-0.4, -0.2) is 59.6 Å². The summed E-state index contributed by atoms with van der Waals surface area (Å²) in [5.74, 6) is 2.38. The number of hydrogen-bond acceptors (Lipinski definition) is 8. The Labute approximate surface area is 316 Å². The van der Waals surface area contributed by atoms with E-state index in [1.54, 1.807) is 37.4 Å². The summed E-state index contributed by atoms with van der Waals surface area (Å²) in [7, 11) is 0. The van der Waals surface area contributed by atoms with Gasteiger partial charge in [0.2, 0.25) is 5.88 Å². The van der Waals surface area contributed by atoms with E-state index < -0.39 is 0 Å². The van der Waals surface area contributed by atoms with Gasteiger partial charge in [0.15, 0.2) is 11.5 Å². The number of carbonyl (C=O) groups excluding carboxylic acids is 2. The summed E-state index contributed by atoms with van der Waals surface area (Å²) in [6, 6.07) is 31.6. The fraction of sp³-hybridized carbons (Fsp3) is 0.250. The molecule has 1 saturated heterocycles. The maximum absolute atomic E-state index is 11.8. The van der Waals surface area contributed by atoms with E-state index in [4.69, 9.17) is 25.8 Å². The van der Waals surface area contributed by atoms with E-state index in [0.29, 0.717) is 41.2 Å². The minimum absolute atomic E-state index is 0.0459. The highest BCUT2D eigenvalue weighted by Crippen LogP contribution is 2.36. The lowest BCUT2D eigenvalue weighted by Gasteiger charge is -2.37. The molecule has 1 fully saturated rings. The van der Waals surface area contributed by atoms with E-state index in [2.05, 4.69) is 58.1 Å². The first-order valence-corrected chi connectivity index (χ1v) is 18.2. The molecule has 0 amide bonds. The van der Waals surface area contributed by atoms with Gasteiger partial charge in [-0.25, -0.2) is 4.98 Å². The second-order valence-corrected chi connectivity index (χ2v) is 13.7. The number of allylic oxidation sites excluding steroid dienone is 1. The van der Waals surface area contributed by atoms with E-state index >= 15 is 0 Å². The van der Waals surface area contributed by atoms with E-state index in [1.807, 2.05) is 49.4 Å². The third-order valence-corrected chi connectivity index (χ3v) is 9.54. The van der Waals surface area contributed by atoms with Crippen LogP contribution in [0.15, 0.2) is 109 Å². The molecule has 0 aliphatic carbocycles. The van der Waals surface area contributed by atoms with Gasteiger partial charge in [0, 0.05) is 62.5 Å². The lowest BCUT2D eigenvalue weighted by molar-refractivity contribution is -0.104. The third-order valence-electron chi connectivity index (χ3n) is 9.26. The van der Waals surface area contributed by atoms with Crippen molar-refractivity contribution >= 4 is 29.4 Å². The SMILES string of the molecule is CC(=O)c1ccc(OCCc2ccc(CN3CCN(/C(=C\C=O)c4cc(C)c(Oc5ccc(OCc6ccc(C)cc6)cn5)c(Cl)c4)CC3)cc2)cc1. The second-order valence-electron chi connectivity index (χ2n) is 13.3. The zero-order valence-corrected chi connectivity index (χ0v) is 31.1. The normalized spacial score (nSPS) is 13.4. The maximum atomic E-state index is 11.8. The lowest BCUT2D eigenvalue weighted by Crippen LogP contribution is -2.45. The lowest BCUT2D eigenvalue weighted by atomic mass is 10.1. The van der Waals surface area contributed by atoms with E-state index in [1.165, 1.54) is 16.7 Å². The van der Waals surface area contributed by atoms with Crippen LogP contribution < -0.4 is 14.2 Å².